The number of rotatable bonds is 4. The SMILES string of the molecule is CC(C)(C)OC(=O)NC1CCC(Cc2ccc(B3OC(C)(C)C(C)(C)O3)cc2)CC1. The third-order valence-electron chi connectivity index (χ3n) is 6.60. The fraction of sp³-hybridized carbons (Fsp3) is 0.708. The Morgan fingerprint density at radius 1 is 1.03 bits per heavy atom. The minimum atomic E-state index is -0.451. The van der Waals surface area contributed by atoms with Gasteiger partial charge < -0.3 is 19.4 Å². The molecule has 0 spiro atoms. The molecule has 1 aliphatic carbocycles. The molecular weight excluding hydrogens is 377 g/mol. The molecule has 1 saturated carbocycles. The van der Waals surface area contributed by atoms with E-state index in [9.17, 15) is 4.79 Å². The van der Waals surface area contributed by atoms with Gasteiger partial charge in [-0.25, -0.2) is 4.79 Å². The van der Waals surface area contributed by atoms with E-state index in [4.69, 9.17) is 14.0 Å². The zero-order chi connectivity index (χ0) is 22.2. The summed E-state index contributed by atoms with van der Waals surface area (Å²) < 4.78 is 17.7. The number of carbonyl (C=O) groups is 1. The maximum atomic E-state index is 12.0. The number of ether oxygens (including phenoxy) is 1. The van der Waals surface area contributed by atoms with Crippen molar-refractivity contribution in [2.45, 2.75) is 103 Å². The number of alkyl carbamates (subject to hydrolysis) is 1. The van der Waals surface area contributed by atoms with Gasteiger partial charge in [-0.2, -0.15) is 0 Å². The molecule has 1 N–H and O–H groups in total. The van der Waals surface area contributed by atoms with E-state index in [0.717, 1.165) is 37.6 Å². The Morgan fingerprint density at radius 3 is 2.07 bits per heavy atom. The second-order valence-corrected chi connectivity index (χ2v) is 10.9. The Hall–Kier alpha value is -1.53. The van der Waals surface area contributed by atoms with Crippen molar-refractivity contribution in [2.24, 2.45) is 5.92 Å². The summed E-state index contributed by atoms with van der Waals surface area (Å²) in [6, 6.07) is 8.89. The van der Waals surface area contributed by atoms with Gasteiger partial charge in [-0.15, -0.1) is 0 Å². The fourth-order valence-corrected chi connectivity index (χ4v) is 4.11. The van der Waals surface area contributed by atoms with Crippen LogP contribution in [0, 0.1) is 5.92 Å². The molecule has 1 aromatic carbocycles. The number of hydrogen-bond acceptors (Lipinski definition) is 4. The molecule has 5 nitrogen and oxygen atoms in total. The first kappa shape index (κ1) is 23.1. The van der Waals surface area contributed by atoms with Crippen molar-refractivity contribution in [3.05, 3.63) is 29.8 Å². The average molecular weight is 415 g/mol. The number of carbonyl (C=O) groups excluding carboxylic acids is 1. The lowest BCUT2D eigenvalue weighted by atomic mass is 9.77. The van der Waals surface area contributed by atoms with Gasteiger partial charge >= 0.3 is 13.2 Å². The lowest BCUT2D eigenvalue weighted by Gasteiger charge is -2.32. The quantitative estimate of drug-likeness (QED) is 0.730. The summed E-state index contributed by atoms with van der Waals surface area (Å²) in [6.45, 7) is 14.0. The number of amides is 1. The predicted octanol–water partition coefficient (Wildman–Crippen LogP) is 4.61. The molecule has 30 heavy (non-hydrogen) atoms. The fourth-order valence-electron chi connectivity index (χ4n) is 4.11. The molecule has 1 saturated heterocycles. The lowest BCUT2D eigenvalue weighted by molar-refractivity contribution is 0.00578. The lowest BCUT2D eigenvalue weighted by Crippen LogP contribution is -2.41. The van der Waals surface area contributed by atoms with Crippen LogP contribution in [0.4, 0.5) is 4.79 Å². The number of benzene rings is 1. The molecule has 3 rings (SSSR count). The Labute approximate surface area is 182 Å². The molecule has 0 radical (unpaired) electrons. The highest BCUT2D eigenvalue weighted by Gasteiger charge is 2.51. The third kappa shape index (κ3) is 5.79. The van der Waals surface area contributed by atoms with E-state index in [1.54, 1.807) is 0 Å². The molecule has 0 aromatic heterocycles. The first-order valence-corrected chi connectivity index (χ1v) is 11.3. The van der Waals surface area contributed by atoms with E-state index in [2.05, 4.69) is 57.3 Å². The van der Waals surface area contributed by atoms with Crippen molar-refractivity contribution in [1.29, 1.82) is 0 Å². The van der Waals surface area contributed by atoms with Gasteiger partial charge in [-0.3, -0.25) is 0 Å². The van der Waals surface area contributed by atoms with Crippen molar-refractivity contribution in [1.82, 2.24) is 5.32 Å². The van der Waals surface area contributed by atoms with Crippen LogP contribution in [0.1, 0.15) is 79.7 Å². The molecule has 2 fully saturated rings. The van der Waals surface area contributed by atoms with Crippen LogP contribution in [-0.2, 0) is 20.5 Å². The zero-order valence-electron chi connectivity index (χ0n) is 19.7. The first-order chi connectivity index (χ1) is 13.8. The first-order valence-electron chi connectivity index (χ1n) is 11.3. The van der Waals surface area contributed by atoms with Gasteiger partial charge in [0.25, 0.3) is 0 Å². The van der Waals surface area contributed by atoms with Crippen LogP contribution < -0.4 is 10.8 Å². The second kappa shape index (κ2) is 8.54. The standard InChI is InChI=1S/C24H38BNO4/c1-22(2,3)28-21(27)26-20-14-10-18(11-15-20)16-17-8-12-19(13-9-17)25-29-23(4,5)24(6,7)30-25/h8-9,12-13,18,20H,10-11,14-16H2,1-7H3,(H,26,27). The highest BCUT2D eigenvalue weighted by atomic mass is 16.7. The van der Waals surface area contributed by atoms with Crippen LogP contribution in [0.15, 0.2) is 24.3 Å². The van der Waals surface area contributed by atoms with Crippen molar-refractivity contribution in [2.75, 3.05) is 0 Å². The van der Waals surface area contributed by atoms with E-state index in [1.165, 1.54) is 5.56 Å². The van der Waals surface area contributed by atoms with Crippen molar-refractivity contribution in [3.8, 4) is 0 Å². The van der Waals surface area contributed by atoms with Crippen molar-refractivity contribution >= 4 is 18.7 Å². The third-order valence-corrected chi connectivity index (χ3v) is 6.60. The Balaban J connectivity index is 1.47. The Morgan fingerprint density at radius 2 is 1.57 bits per heavy atom. The highest BCUT2D eigenvalue weighted by Crippen LogP contribution is 2.36. The summed E-state index contributed by atoms with van der Waals surface area (Å²) in [6.07, 6.45) is 5.04. The van der Waals surface area contributed by atoms with Gasteiger partial charge in [0.1, 0.15) is 5.60 Å². The Bertz CT molecular complexity index is 715. The van der Waals surface area contributed by atoms with E-state index < -0.39 is 5.60 Å². The minimum absolute atomic E-state index is 0.224. The van der Waals surface area contributed by atoms with E-state index >= 15 is 0 Å². The van der Waals surface area contributed by atoms with Crippen molar-refractivity contribution < 1.29 is 18.8 Å². The predicted molar refractivity (Wildman–Crippen MR) is 121 cm³/mol. The molecule has 1 aromatic rings. The molecule has 6 heteroatoms. The Kier molecular flexibility index (Phi) is 6.59. The van der Waals surface area contributed by atoms with Gasteiger partial charge in [-0.05, 0) is 97.5 Å². The molecule has 2 aliphatic rings. The van der Waals surface area contributed by atoms with Crippen LogP contribution in [0.3, 0.4) is 0 Å². The van der Waals surface area contributed by atoms with Crippen LogP contribution in [-0.4, -0.2) is 36.1 Å². The maximum absolute atomic E-state index is 12.0. The molecule has 1 aliphatic heterocycles. The largest absolute Gasteiger partial charge is 0.494 e. The number of nitrogens with one attached hydrogen (secondary N) is 1. The summed E-state index contributed by atoms with van der Waals surface area (Å²) in [5, 5.41) is 3.02. The maximum Gasteiger partial charge on any atom is 0.494 e. The molecule has 1 amide bonds. The normalized spacial score (nSPS) is 25.8. The van der Waals surface area contributed by atoms with Gasteiger partial charge in [0, 0.05) is 6.04 Å². The molecular formula is C24H38BNO4. The van der Waals surface area contributed by atoms with Gasteiger partial charge in [0.15, 0.2) is 0 Å². The molecule has 0 unspecified atom stereocenters. The van der Waals surface area contributed by atoms with E-state index in [1.807, 2.05) is 20.8 Å². The summed E-state index contributed by atoms with van der Waals surface area (Å²) in [5.41, 5.74) is 1.33. The second-order valence-electron chi connectivity index (χ2n) is 10.9. The van der Waals surface area contributed by atoms with Crippen LogP contribution in [0.25, 0.3) is 0 Å². The molecule has 166 valence electrons. The topological polar surface area (TPSA) is 56.8 Å². The average Bonchev–Trinajstić information content (AvgIpc) is 2.83. The van der Waals surface area contributed by atoms with E-state index in [-0.39, 0.29) is 30.5 Å². The molecule has 0 bridgehead atoms. The van der Waals surface area contributed by atoms with Gasteiger partial charge in [-0.1, -0.05) is 24.3 Å². The van der Waals surface area contributed by atoms with E-state index in [0.29, 0.717) is 5.92 Å². The summed E-state index contributed by atoms with van der Waals surface area (Å²) in [5.74, 6) is 0.657. The number of hydrogen-bond donors (Lipinski definition) is 1. The smallest absolute Gasteiger partial charge is 0.444 e. The van der Waals surface area contributed by atoms with Gasteiger partial charge in [0.05, 0.1) is 11.2 Å². The molecule has 1 heterocycles. The van der Waals surface area contributed by atoms with Crippen LogP contribution in [0.5, 0.6) is 0 Å². The summed E-state index contributed by atoms with van der Waals surface area (Å²) >= 11 is 0. The zero-order valence-corrected chi connectivity index (χ0v) is 19.7. The van der Waals surface area contributed by atoms with Gasteiger partial charge in [0.2, 0.25) is 0 Å². The summed E-state index contributed by atoms with van der Waals surface area (Å²) in [4.78, 5) is 12.0. The van der Waals surface area contributed by atoms with Crippen molar-refractivity contribution in [3.63, 3.8) is 0 Å². The van der Waals surface area contributed by atoms with Crippen LogP contribution in [0.2, 0.25) is 0 Å². The highest BCUT2D eigenvalue weighted by molar-refractivity contribution is 6.62. The molecule has 0 atom stereocenters. The monoisotopic (exact) mass is 415 g/mol. The minimum Gasteiger partial charge on any atom is -0.444 e. The van der Waals surface area contributed by atoms with Crippen LogP contribution >= 0.6 is 0 Å². The summed E-state index contributed by atoms with van der Waals surface area (Å²) in [7, 11) is -0.307.